The number of ether oxygens (including phenoxy) is 1. The molecule has 1 saturated heterocycles. The van der Waals surface area contributed by atoms with Gasteiger partial charge in [-0.05, 0) is 62.3 Å². The van der Waals surface area contributed by atoms with Crippen molar-refractivity contribution < 1.29 is 14.3 Å². The lowest BCUT2D eigenvalue weighted by Gasteiger charge is -2.24. The molecule has 3 aliphatic rings. The minimum Gasteiger partial charge on any atom is -0.494 e. The first-order chi connectivity index (χ1) is 12.1. The SMILES string of the molecule is CCOc1ccc(N2CC(C(=O)NC3CC4CCC3C4)CC2=O)cc1. The summed E-state index contributed by atoms with van der Waals surface area (Å²) in [6.45, 7) is 3.03. The van der Waals surface area contributed by atoms with E-state index in [2.05, 4.69) is 5.32 Å². The van der Waals surface area contributed by atoms with Gasteiger partial charge in [0.1, 0.15) is 5.75 Å². The molecule has 4 atom stereocenters. The van der Waals surface area contributed by atoms with Crippen molar-refractivity contribution in [2.45, 2.75) is 45.1 Å². The summed E-state index contributed by atoms with van der Waals surface area (Å²) in [5.41, 5.74) is 0.837. The summed E-state index contributed by atoms with van der Waals surface area (Å²) in [6, 6.07) is 7.85. The highest BCUT2D eigenvalue weighted by Gasteiger charge is 2.42. The maximum atomic E-state index is 12.6. The lowest BCUT2D eigenvalue weighted by Crippen LogP contribution is -2.42. The Morgan fingerprint density at radius 1 is 1.24 bits per heavy atom. The molecule has 1 aromatic carbocycles. The molecule has 5 heteroatoms. The molecule has 25 heavy (non-hydrogen) atoms. The van der Waals surface area contributed by atoms with Crippen LogP contribution in [0.4, 0.5) is 5.69 Å². The first kappa shape index (κ1) is 16.4. The van der Waals surface area contributed by atoms with Crippen molar-refractivity contribution in [2.24, 2.45) is 17.8 Å². The van der Waals surface area contributed by atoms with Gasteiger partial charge >= 0.3 is 0 Å². The van der Waals surface area contributed by atoms with E-state index in [1.807, 2.05) is 31.2 Å². The molecule has 2 amide bonds. The van der Waals surface area contributed by atoms with Crippen LogP contribution in [0.1, 0.15) is 39.0 Å². The second-order valence-corrected chi connectivity index (χ2v) is 7.62. The van der Waals surface area contributed by atoms with Crippen LogP contribution < -0.4 is 15.0 Å². The Morgan fingerprint density at radius 3 is 2.68 bits per heavy atom. The molecule has 1 N–H and O–H groups in total. The number of nitrogens with zero attached hydrogens (tertiary/aromatic N) is 1. The monoisotopic (exact) mass is 342 g/mol. The van der Waals surface area contributed by atoms with Gasteiger partial charge in [0.25, 0.3) is 0 Å². The number of amides is 2. The molecule has 3 fully saturated rings. The van der Waals surface area contributed by atoms with Crippen molar-refractivity contribution in [3.8, 4) is 5.75 Å². The molecule has 2 aliphatic carbocycles. The largest absolute Gasteiger partial charge is 0.494 e. The summed E-state index contributed by atoms with van der Waals surface area (Å²) in [7, 11) is 0. The van der Waals surface area contributed by atoms with Crippen LogP contribution in [0.2, 0.25) is 0 Å². The topological polar surface area (TPSA) is 58.6 Å². The Morgan fingerprint density at radius 2 is 2.04 bits per heavy atom. The quantitative estimate of drug-likeness (QED) is 0.895. The molecule has 1 aromatic rings. The average Bonchev–Trinajstić information content (AvgIpc) is 3.31. The number of benzene rings is 1. The number of fused-ring (bicyclic) bond motifs is 2. The molecular weight excluding hydrogens is 316 g/mol. The minimum atomic E-state index is -0.238. The zero-order chi connectivity index (χ0) is 17.4. The number of carbonyl (C=O) groups excluding carboxylic acids is 2. The van der Waals surface area contributed by atoms with E-state index in [9.17, 15) is 9.59 Å². The molecule has 1 aliphatic heterocycles. The third kappa shape index (κ3) is 3.24. The summed E-state index contributed by atoms with van der Waals surface area (Å²) in [4.78, 5) is 26.7. The third-order valence-corrected chi connectivity index (χ3v) is 6.02. The van der Waals surface area contributed by atoms with E-state index in [1.165, 1.54) is 19.3 Å². The van der Waals surface area contributed by atoms with E-state index in [0.29, 0.717) is 31.5 Å². The van der Waals surface area contributed by atoms with Crippen LogP contribution in [-0.2, 0) is 9.59 Å². The van der Waals surface area contributed by atoms with Crippen LogP contribution in [0.15, 0.2) is 24.3 Å². The molecule has 1 heterocycles. The number of nitrogens with one attached hydrogen (secondary N) is 1. The van der Waals surface area contributed by atoms with Gasteiger partial charge in [0.05, 0.1) is 12.5 Å². The van der Waals surface area contributed by atoms with Gasteiger partial charge in [-0.2, -0.15) is 0 Å². The van der Waals surface area contributed by atoms with Gasteiger partial charge in [-0.3, -0.25) is 9.59 Å². The molecular formula is C20H26N2O3. The van der Waals surface area contributed by atoms with E-state index < -0.39 is 0 Å². The number of rotatable bonds is 5. The van der Waals surface area contributed by atoms with Crippen molar-refractivity contribution in [1.82, 2.24) is 5.32 Å². The standard InChI is InChI=1S/C20H26N2O3/c1-2-25-17-7-5-16(6-8-17)22-12-15(11-19(22)23)20(24)21-18-10-13-3-4-14(18)9-13/h5-8,13-15,18H,2-4,9-12H2,1H3,(H,21,24). The van der Waals surface area contributed by atoms with Gasteiger partial charge < -0.3 is 15.0 Å². The minimum absolute atomic E-state index is 0.0252. The number of anilines is 1. The van der Waals surface area contributed by atoms with Gasteiger partial charge in [0.15, 0.2) is 0 Å². The molecule has 2 saturated carbocycles. The third-order valence-electron chi connectivity index (χ3n) is 6.02. The first-order valence-electron chi connectivity index (χ1n) is 9.47. The van der Waals surface area contributed by atoms with Crippen LogP contribution in [0.5, 0.6) is 5.75 Å². The number of carbonyl (C=O) groups is 2. The fourth-order valence-electron chi connectivity index (χ4n) is 4.74. The molecule has 4 unspecified atom stereocenters. The number of hydrogen-bond acceptors (Lipinski definition) is 3. The highest BCUT2D eigenvalue weighted by Crippen LogP contribution is 2.44. The van der Waals surface area contributed by atoms with Crippen LogP contribution in [0, 0.1) is 17.8 Å². The molecule has 0 aromatic heterocycles. The molecule has 5 nitrogen and oxygen atoms in total. The summed E-state index contributed by atoms with van der Waals surface area (Å²) < 4.78 is 5.44. The van der Waals surface area contributed by atoms with Gasteiger partial charge in [-0.25, -0.2) is 0 Å². The number of hydrogen-bond donors (Lipinski definition) is 1. The van der Waals surface area contributed by atoms with Crippen LogP contribution >= 0.6 is 0 Å². The summed E-state index contributed by atoms with van der Waals surface area (Å²) in [5, 5.41) is 3.23. The Balaban J connectivity index is 1.37. The lowest BCUT2D eigenvalue weighted by atomic mass is 9.94. The van der Waals surface area contributed by atoms with Crippen LogP contribution in [0.25, 0.3) is 0 Å². The van der Waals surface area contributed by atoms with Crippen molar-refractivity contribution in [3.05, 3.63) is 24.3 Å². The van der Waals surface area contributed by atoms with Gasteiger partial charge in [0, 0.05) is 24.7 Å². The average molecular weight is 342 g/mol. The van der Waals surface area contributed by atoms with Crippen molar-refractivity contribution >= 4 is 17.5 Å². The highest BCUT2D eigenvalue weighted by molar-refractivity contribution is 6.00. The predicted octanol–water partition coefficient (Wildman–Crippen LogP) is 2.74. The maximum Gasteiger partial charge on any atom is 0.227 e. The van der Waals surface area contributed by atoms with E-state index >= 15 is 0 Å². The van der Waals surface area contributed by atoms with Crippen LogP contribution in [0.3, 0.4) is 0 Å². The Labute approximate surface area is 148 Å². The van der Waals surface area contributed by atoms with Gasteiger partial charge in [-0.15, -0.1) is 0 Å². The zero-order valence-electron chi connectivity index (χ0n) is 14.7. The van der Waals surface area contributed by atoms with Crippen molar-refractivity contribution in [3.63, 3.8) is 0 Å². The van der Waals surface area contributed by atoms with Crippen molar-refractivity contribution in [1.29, 1.82) is 0 Å². The summed E-state index contributed by atoms with van der Waals surface area (Å²) >= 11 is 0. The Bertz CT molecular complexity index is 657. The predicted molar refractivity (Wildman–Crippen MR) is 95.4 cm³/mol. The molecule has 4 rings (SSSR count). The maximum absolute atomic E-state index is 12.6. The van der Waals surface area contributed by atoms with Gasteiger partial charge in [0.2, 0.25) is 11.8 Å². The van der Waals surface area contributed by atoms with Gasteiger partial charge in [-0.1, -0.05) is 6.42 Å². The summed E-state index contributed by atoms with van der Waals surface area (Å²) in [6.07, 6.45) is 5.27. The first-order valence-corrected chi connectivity index (χ1v) is 9.47. The molecule has 0 spiro atoms. The van der Waals surface area contributed by atoms with Crippen molar-refractivity contribution in [2.75, 3.05) is 18.1 Å². The molecule has 134 valence electrons. The molecule has 0 radical (unpaired) electrons. The van der Waals surface area contributed by atoms with E-state index in [4.69, 9.17) is 4.74 Å². The fourth-order valence-corrected chi connectivity index (χ4v) is 4.74. The normalized spacial score (nSPS) is 30.8. The second-order valence-electron chi connectivity index (χ2n) is 7.62. The highest BCUT2D eigenvalue weighted by atomic mass is 16.5. The molecule has 2 bridgehead atoms. The zero-order valence-corrected chi connectivity index (χ0v) is 14.7. The Kier molecular flexibility index (Phi) is 4.40. The Hall–Kier alpha value is -2.04. The smallest absolute Gasteiger partial charge is 0.227 e. The van der Waals surface area contributed by atoms with E-state index in [0.717, 1.165) is 23.8 Å². The van der Waals surface area contributed by atoms with E-state index in [-0.39, 0.29) is 17.7 Å². The van der Waals surface area contributed by atoms with E-state index in [1.54, 1.807) is 4.90 Å². The summed E-state index contributed by atoms with van der Waals surface area (Å²) in [5.74, 6) is 2.10. The fraction of sp³-hybridized carbons (Fsp3) is 0.600. The lowest BCUT2D eigenvalue weighted by molar-refractivity contribution is -0.127. The van der Waals surface area contributed by atoms with Crippen LogP contribution in [-0.4, -0.2) is 31.0 Å². The second kappa shape index (κ2) is 6.70.